The highest BCUT2D eigenvalue weighted by Crippen LogP contribution is 2.60. The van der Waals surface area contributed by atoms with Gasteiger partial charge in [0.1, 0.15) is 12.9 Å². The van der Waals surface area contributed by atoms with E-state index in [2.05, 4.69) is 54.4 Å². The highest BCUT2D eigenvalue weighted by atomic mass is 16.5. The van der Waals surface area contributed by atoms with Crippen LogP contribution < -0.4 is 5.32 Å². The van der Waals surface area contributed by atoms with E-state index in [4.69, 9.17) is 0 Å². The molecule has 5 heteroatoms. The van der Waals surface area contributed by atoms with Crippen LogP contribution in [-0.2, 0) is 5.41 Å². The zero-order valence-electron chi connectivity index (χ0n) is 19.9. The average molecular weight is 430 g/mol. The van der Waals surface area contributed by atoms with E-state index in [9.17, 15) is 10.3 Å². The largest absolute Gasteiger partial charge is 0.632 e. The van der Waals surface area contributed by atoms with Crippen molar-refractivity contribution >= 4 is 0 Å². The molecule has 0 amide bonds. The molecule has 1 heterocycles. The molecule has 4 rings (SSSR count). The Bertz CT molecular complexity index is 707. The number of benzene rings is 1. The van der Waals surface area contributed by atoms with E-state index in [-0.39, 0.29) is 16.9 Å². The number of hydrogen-bond donors (Lipinski definition) is 2. The number of rotatable bonds is 8. The van der Waals surface area contributed by atoms with Crippen LogP contribution in [0.3, 0.4) is 0 Å². The molecule has 1 aromatic carbocycles. The van der Waals surface area contributed by atoms with Gasteiger partial charge in [-0.25, -0.2) is 0 Å². The molecule has 1 spiro atoms. The van der Waals surface area contributed by atoms with Crippen molar-refractivity contribution < 1.29 is 9.75 Å². The quantitative estimate of drug-likeness (QED) is 0.366. The normalized spacial score (nSPS) is 35.1. The first-order valence-electron chi connectivity index (χ1n) is 12.6. The maximum atomic E-state index is 13.3. The van der Waals surface area contributed by atoms with Crippen molar-refractivity contribution in [1.82, 2.24) is 10.2 Å². The van der Waals surface area contributed by atoms with Gasteiger partial charge in [0.05, 0.1) is 13.1 Å². The van der Waals surface area contributed by atoms with Crippen molar-refractivity contribution in [3.8, 4) is 0 Å². The third kappa shape index (κ3) is 5.01. The highest BCUT2D eigenvalue weighted by Gasteiger charge is 2.57. The summed E-state index contributed by atoms with van der Waals surface area (Å²) in [7, 11) is 1.85. The molecule has 3 atom stereocenters. The minimum Gasteiger partial charge on any atom is -0.632 e. The number of likely N-dealkylation sites (tertiary alicyclic amines) is 1. The minimum absolute atomic E-state index is 0.139. The van der Waals surface area contributed by atoms with Crippen molar-refractivity contribution in [1.29, 1.82) is 0 Å². The molecular formula is C26H43N3O2. The SMILES string of the molecule is CCCC(O)N1CCC([N+](C)([O-])CN[C@@H]2CC23CCC(C)(c2ccccc2)CC3)CC1. The Morgan fingerprint density at radius 1 is 1.16 bits per heavy atom. The van der Waals surface area contributed by atoms with Gasteiger partial charge in [0.2, 0.25) is 0 Å². The summed E-state index contributed by atoms with van der Waals surface area (Å²) < 4.78 is -0.188. The van der Waals surface area contributed by atoms with Gasteiger partial charge in [0.15, 0.2) is 0 Å². The molecule has 1 aromatic rings. The number of aliphatic hydroxyl groups excluding tert-OH is 1. The molecule has 5 nitrogen and oxygen atoms in total. The fourth-order valence-electron chi connectivity index (χ4n) is 6.21. The highest BCUT2D eigenvalue weighted by molar-refractivity contribution is 5.27. The third-order valence-electron chi connectivity index (χ3n) is 8.90. The lowest BCUT2D eigenvalue weighted by Crippen LogP contribution is -2.57. The zero-order valence-corrected chi connectivity index (χ0v) is 19.9. The van der Waals surface area contributed by atoms with E-state index >= 15 is 0 Å². The number of quaternary nitrogens is 1. The molecule has 3 aliphatic rings. The van der Waals surface area contributed by atoms with E-state index in [0.717, 1.165) is 38.8 Å². The molecule has 2 unspecified atom stereocenters. The molecule has 2 saturated carbocycles. The van der Waals surface area contributed by atoms with Crippen molar-refractivity contribution in [2.45, 2.75) is 95.4 Å². The lowest BCUT2D eigenvalue weighted by atomic mass is 9.66. The fourth-order valence-corrected chi connectivity index (χ4v) is 6.21. The molecular weight excluding hydrogens is 386 g/mol. The Labute approximate surface area is 189 Å². The average Bonchev–Trinajstić information content (AvgIpc) is 3.48. The third-order valence-corrected chi connectivity index (χ3v) is 8.90. The molecule has 2 N–H and O–H groups in total. The standard InChI is InChI=1S/C26H43N3O2/c1-4-8-24(30)28-17-11-22(12-18-28)29(3,31)20-27-23-19-26(23)15-13-25(2,14-16-26)21-9-6-5-7-10-21/h5-7,9-10,22-24,27,30H,4,8,11-20H2,1-3H3/t23-,24?,25?,26?,29?/m1/s1. The van der Waals surface area contributed by atoms with E-state index in [1.165, 1.54) is 37.7 Å². The monoisotopic (exact) mass is 429 g/mol. The van der Waals surface area contributed by atoms with Gasteiger partial charge in [-0.05, 0) is 54.9 Å². The second-order valence-electron chi connectivity index (χ2n) is 11.1. The molecule has 1 saturated heterocycles. The number of nitrogens with one attached hydrogen (secondary N) is 1. The van der Waals surface area contributed by atoms with E-state index in [1.807, 2.05) is 7.05 Å². The van der Waals surface area contributed by atoms with Crippen molar-refractivity contribution in [3.05, 3.63) is 41.1 Å². The van der Waals surface area contributed by atoms with Crippen LogP contribution >= 0.6 is 0 Å². The fraction of sp³-hybridized carbons (Fsp3) is 0.769. The van der Waals surface area contributed by atoms with Crippen LogP contribution in [0.5, 0.6) is 0 Å². The number of hydrogen-bond acceptors (Lipinski definition) is 4. The second kappa shape index (κ2) is 9.11. The molecule has 2 aliphatic carbocycles. The maximum absolute atomic E-state index is 13.3. The Morgan fingerprint density at radius 3 is 2.42 bits per heavy atom. The van der Waals surface area contributed by atoms with Crippen LogP contribution in [0.2, 0.25) is 0 Å². The van der Waals surface area contributed by atoms with E-state index in [1.54, 1.807) is 0 Å². The summed E-state index contributed by atoms with van der Waals surface area (Å²) in [5, 5.41) is 27.2. The predicted octanol–water partition coefficient (Wildman–Crippen LogP) is 4.35. The first-order chi connectivity index (χ1) is 14.8. The zero-order chi connectivity index (χ0) is 22.1. The Kier molecular flexibility index (Phi) is 6.81. The number of nitrogens with zero attached hydrogens (tertiary/aromatic N) is 2. The smallest absolute Gasteiger partial charge is 0.132 e. The van der Waals surface area contributed by atoms with E-state index in [0.29, 0.717) is 23.5 Å². The van der Waals surface area contributed by atoms with Gasteiger partial charge in [-0.15, -0.1) is 0 Å². The Balaban J connectivity index is 1.23. The topological polar surface area (TPSA) is 58.6 Å². The summed E-state index contributed by atoms with van der Waals surface area (Å²) in [5.41, 5.74) is 2.22. The molecule has 0 radical (unpaired) electrons. The van der Waals surface area contributed by atoms with Gasteiger partial charge < -0.3 is 15.0 Å². The van der Waals surface area contributed by atoms with Crippen LogP contribution in [0.1, 0.15) is 77.2 Å². The Morgan fingerprint density at radius 2 is 1.81 bits per heavy atom. The van der Waals surface area contributed by atoms with Gasteiger partial charge in [-0.2, -0.15) is 0 Å². The second-order valence-corrected chi connectivity index (χ2v) is 11.1. The molecule has 31 heavy (non-hydrogen) atoms. The van der Waals surface area contributed by atoms with Gasteiger partial charge in [-0.1, -0.05) is 50.6 Å². The summed E-state index contributed by atoms with van der Waals surface area (Å²) in [4.78, 5) is 2.15. The summed E-state index contributed by atoms with van der Waals surface area (Å²) in [6.45, 7) is 6.73. The predicted molar refractivity (Wildman–Crippen MR) is 126 cm³/mol. The van der Waals surface area contributed by atoms with Crippen LogP contribution in [0.4, 0.5) is 0 Å². The van der Waals surface area contributed by atoms with Gasteiger partial charge in [0, 0.05) is 32.0 Å². The van der Waals surface area contributed by atoms with Gasteiger partial charge in [0.25, 0.3) is 0 Å². The molecule has 174 valence electrons. The van der Waals surface area contributed by atoms with Crippen molar-refractivity contribution in [2.24, 2.45) is 5.41 Å². The van der Waals surface area contributed by atoms with Gasteiger partial charge >= 0.3 is 0 Å². The maximum Gasteiger partial charge on any atom is 0.132 e. The van der Waals surface area contributed by atoms with Gasteiger partial charge in [-0.3, -0.25) is 10.2 Å². The minimum atomic E-state index is -0.339. The molecule has 1 aliphatic heterocycles. The van der Waals surface area contributed by atoms with Crippen LogP contribution in [0, 0.1) is 10.6 Å². The lowest BCUT2D eigenvalue weighted by Gasteiger charge is -2.49. The lowest BCUT2D eigenvalue weighted by molar-refractivity contribution is -0.890. The molecule has 0 bridgehead atoms. The summed E-state index contributed by atoms with van der Waals surface area (Å²) >= 11 is 0. The first-order valence-corrected chi connectivity index (χ1v) is 12.6. The first kappa shape index (κ1) is 23.2. The van der Waals surface area contributed by atoms with Crippen LogP contribution in [-0.4, -0.2) is 59.8 Å². The summed E-state index contributed by atoms with van der Waals surface area (Å²) in [5.74, 6) is 0. The molecule has 0 aromatic heterocycles. The number of aliphatic hydroxyl groups is 1. The number of hydroxylamine groups is 3. The summed E-state index contributed by atoms with van der Waals surface area (Å²) in [6.07, 6.45) is 9.51. The van der Waals surface area contributed by atoms with Crippen molar-refractivity contribution in [3.63, 3.8) is 0 Å². The van der Waals surface area contributed by atoms with E-state index < -0.39 is 0 Å². The van der Waals surface area contributed by atoms with Crippen molar-refractivity contribution in [2.75, 3.05) is 26.8 Å². The summed E-state index contributed by atoms with van der Waals surface area (Å²) in [6, 6.07) is 11.7. The number of piperidine rings is 1. The van der Waals surface area contributed by atoms with Crippen LogP contribution in [0.15, 0.2) is 30.3 Å². The van der Waals surface area contributed by atoms with Crippen LogP contribution in [0.25, 0.3) is 0 Å². The molecule has 3 fully saturated rings. The Hall–Kier alpha value is -0.980.